The maximum atomic E-state index is 12.8. The Morgan fingerprint density at radius 2 is 2.00 bits per heavy atom. The number of hydrogen-bond donors (Lipinski definition) is 3. The van der Waals surface area contributed by atoms with Crippen molar-refractivity contribution in [3.8, 4) is 0 Å². The lowest BCUT2D eigenvalue weighted by Gasteiger charge is -2.26. The fourth-order valence-electron chi connectivity index (χ4n) is 4.31. The zero-order valence-corrected chi connectivity index (χ0v) is 18.7. The smallest absolute Gasteiger partial charge is 0.253 e. The highest BCUT2D eigenvalue weighted by molar-refractivity contribution is 6.30. The number of aliphatic hydroxyl groups excluding tert-OH is 1. The number of carbonyl (C=O) groups excluding carboxylic acids is 1. The molecular weight excluding hydrogens is 410 g/mol. The van der Waals surface area contributed by atoms with E-state index < -0.39 is 6.10 Å². The minimum atomic E-state index is -0.604. The molecule has 1 saturated heterocycles. The molecule has 1 aromatic heterocycles. The standard InChI is InChI=1S/C25H30ClN3O2/c1-17(27-16-24(30)18-6-5-7-21(26)13-18)12-20-15-28-23-14-19(8-9-22(20)23)25(31)29-10-3-2-4-11-29/h5-9,13-15,17,24,27-28,30H,2-4,10-12,16H2,1H3/t17-,24+/m1/s1. The van der Waals surface area contributed by atoms with Crippen molar-refractivity contribution >= 4 is 28.4 Å². The van der Waals surface area contributed by atoms with Gasteiger partial charge in [-0.1, -0.05) is 29.8 Å². The summed E-state index contributed by atoms with van der Waals surface area (Å²) in [4.78, 5) is 18.1. The van der Waals surface area contributed by atoms with Crippen LogP contribution >= 0.6 is 11.6 Å². The SMILES string of the molecule is C[C@H](Cc1c[nH]c2cc(C(=O)N3CCCCC3)ccc12)NC[C@H](O)c1cccc(Cl)c1. The van der Waals surface area contributed by atoms with Gasteiger partial charge in [0.05, 0.1) is 6.10 Å². The maximum Gasteiger partial charge on any atom is 0.253 e. The minimum absolute atomic E-state index is 0.128. The van der Waals surface area contributed by atoms with Gasteiger partial charge in [-0.3, -0.25) is 4.79 Å². The molecule has 3 aromatic rings. The van der Waals surface area contributed by atoms with Crippen LogP contribution in [0.25, 0.3) is 10.9 Å². The number of likely N-dealkylation sites (tertiary alicyclic amines) is 1. The number of piperidine rings is 1. The number of nitrogens with one attached hydrogen (secondary N) is 2. The van der Waals surface area contributed by atoms with E-state index in [9.17, 15) is 9.90 Å². The van der Waals surface area contributed by atoms with Crippen LogP contribution in [-0.4, -0.2) is 46.6 Å². The lowest BCUT2D eigenvalue weighted by atomic mass is 10.0. The Morgan fingerprint density at radius 3 is 2.77 bits per heavy atom. The second-order valence-electron chi connectivity index (χ2n) is 8.51. The minimum Gasteiger partial charge on any atom is -0.387 e. The molecule has 2 heterocycles. The first-order chi connectivity index (χ1) is 15.0. The first-order valence-corrected chi connectivity index (χ1v) is 11.5. The molecule has 2 atom stereocenters. The lowest BCUT2D eigenvalue weighted by molar-refractivity contribution is 0.0724. The van der Waals surface area contributed by atoms with Gasteiger partial charge in [0.1, 0.15) is 0 Å². The van der Waals surface area contributed by atoms with E-state index in [0.717, 1.165) is 54.4 Å². The zero-order chi connectivity index (χ0) is 21.8. The van der Waals surface area contributed by atoms with Gasteiger partial charge in [-0.15, -0.1) is 0 Å². The van der Waals surface area contributed by atoms with E-state index in [2.05, 4.69) is 17.2 Å². The number of benzene rings is 2. The van der Waals surface area contributed by atoms with Gasteiger partial charge in [-0.2, -0.15) is 0 Å². The third-order valence-corrected chi connectivity index (χ3v) is 6.31. The molecule has 31 heavy (non-hydrogen) atoms. The van der Waals surface area contributed by atoms with Crippen molar-refractivity contribution in [2.75, 3.05) is 19.6 Å². The van der Waals surface area contributed by atoms with Gasteiger partial charge in [-0.25, -0.2) is 0 Å². The number of aromatic amines is 1. The van der Waals surface area contributed by atoms with Crippen molar-refractivity contribution in [3.63, 3.8) is 0 Å². The number of amides is 1. The number of carbonyl (C=O) groups is 1. The summed E-state index contributed by atoms with van der Waals surface area (Å²) in [7, 11) is 0. The van der Waals surface area contributed by atoms with Crippen molar-refractivity contribution in [1.29, 1.82) is 0 Å². The van der Waals surface area contributed by atoms with E-state index in [1.807, 2.05) is 41.4 Å². The van der Waals surface area contributed by atoms with E-state index in [1.165, 1.54) is 12.0 Å². The predicted molar refractivity (Wildman–Crippen MR) is 126 cm³/mol. The summed E-state index contributed by atoms with van der Waals surface area (Å²) in [5.74, 6) is 0.128. The van der Waals surface area contributed by atoms with Gasteiger partial charge in [0.25, 0.3) is 5.91 Å². The van der Waals surface area contributed by atoms with E-state index in [-0.39, 0.29) is 11.9 Å². The number of aromatic nitrogens is 1. The molecule has 6 heteroatoms. The first kappa shape index (κ1) is 21.9. The predicted octanol–water partition coefficient (Wildman–Crippen LogP) is 4.70. The molecule has 0 aliphatic carbocycles. The Bertz CT molecular complexity index is 1040. The summed E-state index contributed by atoms with van der Waals surface area (Å²) in [5.41, 5.74) is 3.75. The Kier molecular flexibility index (Phi) is 6.96. The highest BCUT2D eigenvalue weighted by atomic mass is 35.5. The van der Waals surface area contributed by atoms with Gasteiger partial charge in [0.15, 0.2) is 0 Å². The average Bonchev–Trinajstić information content (AvgIpc) is 3.19. The van der Waals surface area contributed by atoms with Crippen LogP contribution in [0.4, 0.5) is 0 Å². The van der Waals surface area contributed by atoms with Crippen molar-refractivity contribution in [2.45, 2.75) is 44.8 Å². The molecule has 164 valence electrons. The number of aliphatic hydroxyl groups is 1. The molecule has 4 rings (SSSR count). The molecular formula is C25H30ClN3O2. The van der Waals surface area contributed by atoms with Gasteiger partial charge in [0.2, 0.25) is 0 Å². The fraction of sp³-hybridized carbons (Fsp3) is 0.400. The molecule has 0 bridgehead atoms. The average molecular weight is 440 g/mol. The summed E-state index contributed by atoms with van der Waals surface area (Å²) < 4.78 is 0. The number of rotatable bonds is 7. The highest BCUT2D eigenvalue weighted by Crippen LogP contribution is 2.23. The number of nitrogens with zero attached hydrogens (tertiary/aromatic N) is 1. The zero-order valence-electron chi connectivity index (χ0n) is 17.9. The fourth-order valence-corrected chi connectivity index (χ4v) is 4.51. The first-order valence-electron chi connectivity index (χ1n) is 11.1. The van der Waals surface area contributed by atoms with Gasteiger partial charge in [-0.05, 0) is 68.0 Å². The molecule has 1 aliphatic rings. The lowest BCUT2D eigenvalue weighted by Crippen LogP contribution is -2.35. The maximum absolute atomic E-state index is 12.8. The monoisotopic (exact) mass is 439 g/mol. The Balaban J connectivity index is 1.37. The van der Waals surface area contributed by atoms with Crippen molar-refractivity contribution < 1.29 is 9.90 Å². The normalized spacial score (nSPS) is 16.4. The molecule has 0 unspecified atom stereocenters. The van der Waals surface area contributed by atoms with Crippen LogP contribution in [-0.2, 0) is 6.42 Å². The van der Waals surface area contributed by atoms with Crippen molar-refractivity contribution in [3.05, 3.63) is 70.4 Å². The quantitative estimate of drug-likeness (QED) is 0.499. The number of H-pyrrole nitrogens is 1. The Morgan fingerprint density at radius 1 is 1.19 bits per heavy atom. The summed E-state index contributed by atoms with van der Waals surface area (Å²) >= 11 is 6.02. The highest BCUT2D eigenvalue weighted by Gasteiger charge is 2.19. The third kappa shape index (κ3) is 5.29. The topological polar surface area (TPSA) is 68.4 Å². The molecule has 1 amide bonds. The Hall–Kier alpha value is -2.34. The molecule has 0 saturated carbocycles. The van der Waals surface area contributed by atoms with E-state index in [0.29, 0.717) is 11.6 Å². The summed E-state index contributed by atoms with van der Waals surface area (Å²) in [5, 5.41) is 15.6. The largest absolute Gasteiger partial charge is 0.387 e. The molecule has 3 N–H and O–H groups in total. The van der Waals surface area contributed by atoms with E-state index in [1.54, 1.807) is 12.1 Å². The van der Waals surface area contributed by atoms with E-state index in [4.69, 9.17) is 11.6 Å². The summed E-state index contributed by atoms with van der Waals surface area (Å²) in [6, 6.07) is 13.5. The van der Waals surface area contributed by atoms with Gasteiger partial charge >= 0.3 is 0 Å². The van der Waals surface area contributed by atoms with Crippen molar-refractivity contribution in [1.82, 2.24) is 15.2 Å². The third-order valence-electron chi connectivity index (χ3n) is 6.08. The number of halogens is 1. The molecule has 1 aliphatic heterocycles. The van der Waals surface area contributed by atoms with Crippen LogP contribution in [0.15, 0.2) is 48.7 Å². The Labute approximate surface area is 188 Å². The second kappa shape index (κ2) is 9.86. The number of hydrogen-bond acceptors (Lipinski definition) is 3. The molecule has 0 radical (unpaired) electrons. The summed E-state index contributed by atoms with van der Waals surface area (Å²) in [6.07, 6.45) is 5.64. The van der Waals surface area contributed by atoms with Crippen LogP contribution in [0.3, 0.4) is 0 Å². The van der Waals surface area contributed by atoms with Crippen LogP contribution < -0.4 is 5.32 Å². The number of fused-ring (bicyclic) bond motifs is 1. The second-order valence-corrected chi connectivity index (χ2v) is 8.95. The van der Waals surface area contributed by atoms with E-state index >= 15 is 0 Å². The summed E-state index contributed by atoms with van der Waals surface area (Å²) in [6.45, 7) is 4.28. The van der Waals surface area contributed by atoms with Crippen LogP contribution in [0, 0.1) is 0 Å². The van der Waals surface area contributed by atoms with Gasteiger partial charge < -0.3 is 20.3 Å². The van der Waals surface area contributed by atoms with Crippen LogP contribution in [0.1, 0.15) is 53.8 Å². The molecule has 5 nitrogen and oxygen atoms in total. The van der Waals surface area contributed by atoms with Crippen LogP contribution in [0.2, 0.25) is 5.02 Å². The van der Waals surface area contributed by atoms with Gasteiger partial charge in [0, 0.05) is 53.4 Å². The molecule has 0 spiro atoms. The molecule has 1 fully saturated rings. The van der Waals surface area contributed by atoms with Crippen molar-refractivity contribution in [2.24, 2.45) is 0 Å². The van der Waals surface area contributed by atoms with Crippen LogP contribution in [0.5, 0.6) is 0 Å². The molecule has 2 aromatic carbocycles.